The Bertz CT molecular complexity index is 489. The lowest BCUT2D eigenvalue weighted by Crippen LogP contribution is -2.41. The molecular formula is C17H25FN2O. The van der Waals surface area contributed by atoms with Crippen LogP contribution in [0, 0.1) is 11.7 Å². The molecule has 1 heterocycles. The lowest BCUT2D eigenvalue weighted by molar-refractivity contribution is 0.0876. The third-order valence-corrected chi connectivity index (χ3v) is 4.17. The Hall–Kier alpha value is -1.26. The fourth-order valence-corrected chi connectivity index (χ4v) is 3.12. The molecule has 116 valence electrons. The van der Waals surface area contributed by atoms with Gasteiger partial charge in [-0.15, -0.1) is 0 Å². The molecule has 1 aliphatic rings. The number of nitrogens with zero attached hydrogens (tertiary/aromatic N) is 2. The molecule has 4 heteroatoms. The highest BCUT2D eigenvalue weighted by Crippen LogP contribution is 2.21. The van der Waals surface area contributed by atoms with Gasteiger partial charge in [-0.2, -0.15) is 0 Å². The van der Waals surface area contributed by atoms with Crippen LogP contribution in [0.5, 0.6) is 0 Å². The number of likely N-dealkylation sites (tertiary alicyclic amines) is 1. The molecule has 1 saturated heterocycles. The Morgan fingerprint density at radius 1 is 1.43 bits per heavy atom. The number of hydrogen-bond acceptors (Lipinski definition) is 3. The largest absolute Gasteiger partial charge is 0.308 e. The van der Waals surface area contributed by atoms with Gasteiger partial charge in [0.15, 0.2) is 5.78 Å². The van der Waals surface area contributed by atoms with Crippen LogP contribution >= 0.6 is 0 Å². The molecule has 0 aromatic heterocycles. The first-order valence-corrected chi connectivity index (χ1v) is 7.66. The maximum atomic E-state index is 13.7. The topological polar surface area (TPSA) is 23.6 Å². The van der Waals surface area contributed by atoms with Crippen LogP contribution in [0.2, 0.25) is 0 Å². The fraction of sp³-hybridized carbons (Fsp3) is 0.588. The zero-order chi connectivity index (χ0) is 15.4. The van der Waals surface area contributed by atoms with Crippen LogP contribution in [0.1, 0.15) is 30.1 Å². The summed E-state index contributed by atoms with van der Waals surface area (Å²) in [5.74, 6) is -0.686. The summed E-state index contributed by atoms with van der Waals surface area (Å²) in [7, 11) is 4.15. The number of hydrogen-bond donors (Lipinski definition) is 0. The standard InChI is InChI=1S/C17H25FN2O/c1-13(17(21)15-8-4-5-9-16(15)18)11-20-10-6-7-14(20)12-19(2)3/h4-5,8-9,13-14H,6-7,10-12H2,1-3H3. The number of rotatable bonds is 6. The highest BCUT2D eigenvalue weighted by Gasteiger charge is 2.28. The molecule has 1 fully saturated rings. The number of ketones is 1. The minimum atomic E-state index is -0.416. The van der Waals surface area contributed by atoms with E-state index in [0.717, 1.165) is 13.1 Å². The number of Topliss-reactive ketones (excluding diaryl/α,β-unsaturated/α-hetero) is 1. The van der Waals surface area contributed by atoms with Gasteiger partial charge >= 0.3 is 0 Å². The number of halogens is 1. The molecule has 0 spiro atoms. The second-order valence-corrected chi connectivity index (χ2v) is 6.30. The summed E-state index contributed by atoms with van der Waals surface area (Å²) in [6.07, 6.45) is 2.36. The van der Waals surface area contributed by atoms with Gasteiger partial charge in [0.2, 0.25) is 0 Å². The van der Waals surface area contributed by atoms with E-state index in [1.54, 1.807) is 18.2 Å². The predicted molar refractivity (Wildman–Crippen MR) is 83.0 cm³/mol. The highest BCUT2D eigenvalue weighted by atomic mass is 19.1. The molecule has 0 amide bonds. The van der Waals surface area contributed by atoms with E-state index in [1.807, 2.05) is 6.92 Å². The summed E-state index contributed by atoms with van der Waals surface area (Å²) in [5.41, 5.74) is 0.216. The van der Waals surface area contributed by atoms with Crippen molar-refractivity contribution in [3.8, 4) is 0 Å². The van der Waals surface area contributed by atoms with Gasteiger partial charge < -0.3 is 4.90 Å². The number of likely N-dealkylation sites (N-methyl/N-ethyl adjacent to an activating group) is 1. The lowest BCUT2D eigenvalue weighted by Gasteiger charge is -2.29. The predicted octanol–water partition coefficient (Wildman–Crippen LogP) is 2.67. The summed E-state index contributed by atoms with van der Waals surface area (Å²) >= 11 is 0. The molecule has 1 aromatic carbocycles. The second kappa shape index (κ2) is 7.14. The molecule has 1 aliphatic heterocycles. The van der Waals surface area contributed by atoms with E-state index in [1.165, 1.54) is 18.9 Å². The molecule has 0 N–H and O–H groups in total. The van der Waals surface area contributed by atoms with Crippen LogP contribution in [-0.2, 0) is 0 Å². The summed E-state index contributed by atoms with van der Waals surface area (Å²) in [5, 5.41) is 0. The summed E-state index contributed by atoms with van der Waals surface area (Å²) in [6.45, 7) is 4.67. The molecule has 0 saturated carbocycles. The zero-order valence-corrected chi connectivity index (χ0v) is 13.2. The molecule has 1 aromatic rings. The van der Waals surface area contributed by atoms with E-state index in [4.69, 9.17) is 0 Å². The molecule has 0 aliphatic carbocycles. The van der Waals surface area contributed by atoms with Crippen LogP contribution < -0.4 is 0 Å². The smallest absolute Gasteiger partial charge is 0.169 e. The van der Waals surface area contributed by atoms with Crippen LogP contribution in [0.3, 0.4) is 0 Å². The normalized spacial score (nSPS) is 20.9. The van der Waals surface area contributed by atoms with Crippen molar-refractivity contribution in [3.63, 3.8) is 0 Å². The molecule has 3 nitrogen and oxygen atoms in total. The van der Waals surface area contributed by atoms with Gasteiger partial charge in [-0.1, -0.05) is 19.1 Å². The summed E-state index contributed by atoms with van der Waals surface area (Å²) in [4.78, 5) is 17.0. The average Bonchev–Trinajstić information content (AvgIpc) is 2.85. The Morgan fingerprint density at radius 3 is 2.81 bits per heavy atom. The maximum Gasteiger partial charge on any atom is 0.169 e. The maximum absolute atomic E-state index is 13.7. The Labute approximate surface area is 126 Å². The van der Waals surface area contributed by atoms with Crippen molar-refractivity contribution in [3.05, 3.63) is 35.6 Å². The van der Waals surface area contributed by atoms with Crippen LogP contribution in [0.25, 0.3) is 0 Å². The van der Waals surface area contributed by atoms with Gasteiger partial charge in [0.25, 0.3) is 0 Å². The monoisotopic (exact) mass is 292 g/mol. The van der Waals surface area contributed by atoms with Gasteiger partial charge in [-0.05, 0) is 45.6 Å². The molecular weight excluding hydrogens is 267 g/mol. The van der Waals surface area contributed by atoms with Crippen LogP contribution in [0.15, 0.2) is 24.3 Å². The van der Waals surface area contributed by atoms with Crippen molar-refractivity contribution in [1.29, 1.82) is 0 Å². The second-order valence-electron chi connectivity index (χ2n) is 6.30. The number of carbonyl (C=O) groups excluding carboxylic acids is 1. The molecule has 2 rings (SSSR count). The van der Waals surface area contributed by atoms with Gasteiger partial charge in [-0.3, -0.25) is 9.69 Å². The molecule has 0 radical (unpaired) electrons. The quantitative estimate of drug-likeness (QED) is 0.753. The van der Waals surface area contributed by atoms with E-state index in [2.05, 4.69) is 23.9 Å². The van der Waals surface area contributed by atoms with E-state index in [-0.39, 0.29) is 17.3 Å². The van der Waals surface area contributed by atoms with E-state index < -0.39 is 5.82 Å². The van der Waals surface area contributed by atoms with Crippen LogP contribution in [0.4, 0.5) is 4.39 Å². The zero-order valence-electron chi connectivity index (χ0n) is 13.2. The van der Waals surface area contributed by atoms with Gasteiger partial charge in [0, 0.05) is 25.0 Å². The van der Waals surface area contributed by atoms with Crippen molar-refractivity contribution >= 4 is 5.78 Å². The lowest BCUT2D eigenvalue weighted by atomic mass is 9.98. The van der Waals surface area contributed by atoms with E-state index in [9.17, 15) is 9.18 Å². The van der Waals surface area contributed by atoms with E-state index >= 15 is 0 Å². The van der Waals surface area contributed by atoms with Gasteiger partial charge in [0.1, 0.15) is 5.82 Å². The molecule has 2 unspecified atom stereocenters. The Balaban J connectivity index is 1.99. The van der Waals surface area contributed by atoms with Crippen molar-refractivity contribution < 1.29 is 9.18 Å². The van der Waals surface area contributed by atoms with Crippen LogP contribution in [-0.4, -0.2) is 55.4 Å². The fourth-order valence-electron chi connectivity index (χ4n) is 3.12. The minimum Gasteiger partial charge on any atom is -0.308 e. The van der Waals surface area contributed by atoms with Crippen molar-refractivity contribution in [1.82, 2.24) is 9.80 Å². The van der Waals surface area contributed by atoms with Gasteiger partial charge in [-0.25, -0.2) is 4.39 Å². The third-order valence-electron chi connectivity index (χ3n) is 4.17. The Morgan fingerprint density at radius 2 is 2.14 bits per heavy atom. The number of carbonyl (C=O) groups is 1. The first-order chi connectivity index (χ1) is 9.99. The minimum absolute atomic E-state index is 0.0939. The van der Waals surface area contributed by atoms with Crippen molar-refractivity contribution in [2.24, 2.45) is 5.92 Å². The average molecular weight is 292 g/mol. The van der Waals surface area contributed by atoms with Crippen molar-refractivity contribution in [2.75, 3.05) is 33.7 Å². The first-order valence-electron chi connectivity index (χ1n) is 7.66. The number of benzene rings is 1. The van der Waals surface area contributed by atoms with Crippen molar-refractivity contribution in [2.45, 2.75) is 25.8 Å². The highest BCUT2D eigenvalue weighted by molar-refractivity contribution is 5.98. The van der Waals surface area contributed by atoms with Gasteiger partial charge in [0.05, 0.1) is 5.56 Å². The molecule has 2 atom stereocenters. The molecule has 0 bridgehead atoms. The SMILES string of the molecule is CC(CN1CCCC1CN(C)C)C(=O)c1ccccc1F. The summed E-state index contributed by atoms with van der Waals surface area (Å²) < 4.78 is 13.7. The summed E-state index contributed by atoms with van der Waals surface area (Å²) in [6, 6.07) is 6.77. The molecule has 21 heavy (non-hydrogen) atoms. The first kappa shape index (κ1) is 16.1. The third kappa shape index (κ3) is 4.11. The Kier molecular flexibility index (Phi) is 5.48. The van der Waals surface area contributed by atoms with E-state index in [0.29, 0.717) is 12.6 Å².